The van der Waals surface area contributed by atoms with Gasteiger partial charge < -0.3 is 24.0 Å². The lowest BCUT2D eigenvalue weighted by Crippen LogP contribution is -3.00. The van der Waals surface area contributed by atoms with Crippen molar-refractivity contribution in [2.24, 2.45) is 0 Å². The maximum absolute atomic E-state index is 4.98. The molecule has 1 aliphatic carbocycles. The smallest absolute Gasteiger partial charge is 0.223 e. The molecule has 0 unspecified atom stereocenters. The van der Waals surface area contributed by atoms with E-state index in [1.165, 1.54) is 33.0 Å². The van der Waals surface area contributed by atoms with E-state index in [4.69, 9.17) is 4.98 Å². The fourth-order valence-electron chi connectivity index (χ4n) is 3.68. The van der Waals surface area contributed by atoms with E-state index in [0.717, 1.165) is 17.8 Å². The molecule has 2 aromatic heterocycles. The molecule has 0 fully saturated rings. The Balaban J connectivity index is 0.00000135. The van der Waals surface area contributed by atoms with Crippen molar-refractivity contribution in [3.8, 4) is 22.5 Å². The lowest BCUT2D eigenvalue weighted by molar-refractivity contribution is -0.681. The van der Waals surface area contributed by atoms with Crippen LogP contribution in [0.15, 0.2) is 60.8 Å². The number of pyridine rings is 2. The Labute approximate surface area is 151 Å². The van der Waals surface area contributed by atoms with Crippen molar-refractivity contribution in [3.63, 3.8) is 0 Å². The summed E-state index contributed by atoms with van der Waals surface area (Å²) in [6, 6.07) is 19.3. The van der Waals surface area contributed by atoms with Crippen LogP contribution in [0.3, 0.4) is 0 Å². The summed E-state index contributed by atoms with van der Waals surface area (Å²) < 4.78 is 2.33. The fourth-order valence-corrected chi connectivity index (χ4v) is 3.68. The molecule has 2 nitrogen and oxygen atoms in total. The third-order valence-corrected chi connectivity index (χ3v) is 4.66. The molecular weight excluding hydrogens is 395 g/mol. The van der Waals surface area contributed by atoms with Crippen molar-refractivity contribution in [1.29, 1.82) is 0 Å². The molecule has 3 heteroatoms. The zero-order chi connectivity index (χ0) is 14.7. The first-order valence-corrected chi connectivity index (χ1v) is 7.73. The predicted octanol–water partition coefficient (Wildman–Crippen LogP) is 1.35. The molecule has 112 valence electrons. The van der Waals surface area contributed by atoms with Gasteiger partial charge in [0.05, 0.1) is 22.2 Å². The van der Waals surface area contributed by atoms with Gasteiger partial charge in [0.2, 0.25) is 5.69 Å². The van der Waals surface area contributed by atoms with E-state index in [2.05, 4.69) is 72.3 Å². The molecule has 0 spiro atoms. The van der Waals surface area contributed by atoms with Crippen molar-refractivity contribution >= 4 is 21.7 Å². The number of aromatic nitrogens is 2. The van der Waals surface area contributed by atoms with E-state index >= 15 is 0 Å². The third kappa shape index (κ3) is 1.86. The number of benzene rings is 2. The summed E-state index contributed by atoms with van der Waals surface area (Å²) in [5, 5.41) is 3.83. The molecule has 23 heavy (non-hydrogen) atoms. The van der Waals surface area contributed by atoms with Gasteiger partial charge in [-0.15, -0.1) is 0 Å². The van der Waals surface area contributed by atoms with E-state index < -0.39 is 0 Å². The molecule has 0 aliphatic heterocycles. The van der Waals surface area contributed by atoms with Gasteiger partial charge in [-0.05, 0) is 19.1 Å². The molecule has 0 radical (unpaired) electrons. The normalized spacial score (nSPS) is 11.5. The Morgan fingerprint density at radius 1 is 0.870 bits per heavy atom. The summed E-state index contributed by atoms with van der Waals surface area (Å²) in [7, 11) is 0. The molecule has 1 aliphatic rings. The Morgan fingerprint density at radius 3 is 2.43 bits per heavy atom. The number of hydrogen-bond donors (Lipinski definition) is 0. The maximum Gasteiger partial charge on any atom is 0.223 e. The van der Waals surface area contributed by atoms with Crippen molar-refractivity contribution in [1.82, 2.24) is 4.98 Å². The molecule has 0 bridgehead atoms. The summed E-state index contributed by atoms with van der Waals surface area (Å²) in [5.41, 5.74) is 6.06. The van der Waals surface area contributed by atoms with Crippen LogP contribution in [0.2, 0.25) is 0 Å². The molecule has 0 N–H and O–H groups in total. The first-order chi connectivity index (χ1) is 10.9. The lowest BCUT2D eigenvalue weighted by atomic mass is 10.1. The van der Waals surface area contributed by atoms with Crippen LogP contribution >= 0.6 is 0 Å². The van der Waals surface area contributed by atoms with Gasteiger partial charge >= 0.3 is 0 Å². The average molecular weight is 410 g/mol. The van der Waals surface area contributed by atoms with Crippen LogP contribution in [0.4, 0.5) is 0 Å². The standard InChI is InChI=1S/C20H15N2.HI/c1-2-22-12-11-14-13-7-5-6-10-17(13)21-19-15-8-3-4-9-16(15)20(22)18(14)19;/h3-12H,2H2,1H3;1H/q+1;/p-1. The van der Waals surface area contributed by atoms with Crippen LogP contribution in [0, 0.1) is 0 Å². The van der Waals surface area contributed by atoms with E-state index in [-0.39, 0.29) is 24.0 Å². The van der Waals surface area contributed by atoms with Gasteiger partial charge in [0.15, 0.2) is 6.20 Å². The highest BCUT2D eigenvalue weighted by molar-refractivity contribution is 6.19. The Kier molecular flexibility index (Phi) is 3.34. The topological polar surface area (TPSA) is 16.8 Å². The minimum atomic E-state index is 0. The highest BCUT2D eigenvalue weighted by Gasteiger charge is 2.30. The van der Waals surface area contributed by atoms with Gasteiger partial charge in [0.1, 0.15) is 6.54 Å². The number of rotatable bonds is 1. The van der Waals surface area contributed by atoms with Crippen molar-refractivity contribution in [3.05, 3.63) is 60.8 Å². The first kappa shape index (κ1) is 14.6. The van der Waals surface area contributed by atoms with Gasteiger partial charge in [-0.2, -0.15) is 4.57 Å². The summed E-state index contributed by atoms with van der Waals surface area (Å²) in [4.78, 5) is 4.98. The molecule has 0 saturated carbocycles. The minimum absolute atomic E-state index is 0. The second-order valence-corrected chi connectivity index (χ2v) is 5.76. The van der Waals surface area contributed by atoms with Gasteiger partial charge in [-0.25, -0.2) is 4.98 Å². The molecule has 0 saturated heterocycles. The van der Waals surface area contributed by atoms with Crippen LogP contribution < -0.4 is 28.5 Å². The van der Waals surface area contributed by atoms with Crippen LogP contribution in [0.25, 0.3) is 44.2 Å². The van der Waals surface area contributed by atoms with Crippen molar-refractivity contribution in [2.75, 3.05) is 0 Å². The summed E-state index contributed by atoms with van der Waals surface area (Å²) in [5.74, 6) is 0. The first-order valence-electron chi connectivity index (χ1n) is 7.73. The maximum atomic E-state index is 4.98. The molecule has 2 aromatic carbocycles. The number of nitrogens with zero attached hydrogens (tertiary/aromatic N) is 2. The fraction of sp³-hybridized carbons (Fsp3) is 0.100. The average Bonchev–Trinajstić information content (AvgIpc) is 2.91. The number of para-hydroxylation sites is 1. The number of halogens is 1. The van der Waals surface area contributed by atoms with Crippen molar-refractivity contribution in [2.45, 2.75) is 13.5 Å². The zero-order valence-corrected chi connectivity index (χ0v) is 14.9. The van der Waals surface area contributed by atoms with E-state index in [1.54, 1.807) is 0 Å². The van der Waals surface area contributed by atoms with Crippen molar-refractivity contribution < 1.29 is 28.5 Å². The summed E-state index contributed by atoms with van der Waals surface area (Å²) >= 11 is 0. The number of aryl methyl sites for hydroxylation is 1. The Morgan fingerprint density at radius 2 is 1.61 bits per heavy atom. The third-order valence-electron chi connectivity index (χ3n) is 4.66. The zero-order valence-electron chi connectivity index (χ0n) is 12.8. The van der Waals surface area contributed by atoms with E-state index in [9.17, 15) is 0 Å². The summed E-state index contributed by atoms with van der Waals surface area (Å²) in [6.07, 6.45) is 2.20. The van der Waals surface area contributed by atoms with Crippen LogP contribution in [-0.4, -0.2) is 4.98 Å². The SMILES string of the molecule is CC[n+]1ccc2c3c(nc4ccccc42)-c2ccccc2-c31.[I-]. The monoisotopic (exact) mass is 410 g/mol. The predicted molar refractivity (Wildman–Crippen MR) is 89.5 cm³/mol. The molecular formula is C20H15IN2. The largest absolute Gasteiger partial charge is 1.00 e. The van der Waals surface area contributed by atoms with Gasteiger partial charge in [0, 0.05) is 22.4 Å². The van der Waals surface area contributed by atoms with Crippen LogP contribution in [0.1, 0.15) is 6.92 Å². The molecule has 0 amide bonds. The highest BCUT2D eigenvalue weighted by Crippen LogP contribution is 2.45. The van der Waals surface area contributed by atoms with Crippen LogP contribution in [0.5, 0.6) is 0 Å². The molecule has 4 aromatic rings. The quantitative estimate of drug-likeness (QED) is 0.232. The van der Waals surface area contributed by atoms with Gasteiger partial charge in [0.25, 0.3) is 0 Å². The molecule has 2 heterocycles. The highest BCUT2D eigenvalue weighted by atomic mass is 127. The lowest BCUT2D eigenvalue weighted by Gasteiger charge is -2.05. The Hall–Kier alpha value is -2.01. The minimum Gasteiger partial charge on any atom is -1.00 e. The Bertz CT molecular complexity index is 1070. The van der Waals surface area contributed by atoms with Crippen LogP contribution in [-0.2, 0) is 6.54 Å². The molecule has 5 rings (SSSR count). The second-order valence-electron chi connectivity index (χ2n) is 5.76. The van der Waals surface area contributed by atoms with Gasteiger partial charge in [-0.1, -0.05) is 36.4 Å². The second kappa shape index (κ2) is 5.27. The number of hydrogen-bond acceptors (Lipinski definition) is 1. The van der Waals surface area contributed by atoms with E-state index in [0.29, 0.717) is 0 Å². The van der Waals surface area contributed by atoms with Gasteiger partial charge in [-0.3, -0.25) is 0 Å². The summed E-state index contributed by atoms with van der Waals surface area (Å²) in [6.45, 7) is 3.16. The number of fused-ring (bicyclic) bond motifs is 5. The van der Waals surface area contributed by atoms with E-state index in [1.807, 2.05) is 0 Å². The molecule has 0 atom stereocenters.